The summed E-state index contributed by atoms with van der Waals surface area (Å²) in [5.41, 5.74) is 14.9. The van der Waals surface area contributed by atoms with Gasteiger partial charge >= 0.3 is 5.97 Å². The zero-order chi connectivity index (χ0) is 43.7. The molecule has 5 amide bonds. The molecule has 328 valence electrons. The number of rotatable bonds is 21. The highest BCUT2D eigenvalue weighted by atomic mass is 16.4. The van der Waals surface area contributed by atoms with Crippen LogP contribution in [0, 0.1) is 5.92 Å². The van der Waals surface area contributed by atoms with Crippen molar-refractivity contribution in [3.63, 3.8) is 0 Å². The molecule has 14 nitrogen and oxygen atoms in total. The van der Waals surface area contributed by atoms with Gasteiger partial charge in [-0.25, -0.2) is 4.79 Å². The molecule has 1 heterocycles. The van der Waals surface area contributed by atoms with Gasteiger partial charge in [0.05, 0.1) is 17.6 Å². The van der Waals surface area contributed by atoms with Crippen molar-refractivity contribution in [2.24, 2.45) is 17.4 Å². The predicted octanol–water partition coefficient (Wildman–Crippen LogP) is 3.70. The number of carboxylic acid groups (broad SMARTS) is 1. The molecule has 0 bridgehead atoms. The molecule has 1 saturated heterocycles. The van der Waals surface area contributed by atoms with E-state index < -0.39 is 59.8 Å². The van der Waals surface area contributed by atoms with Crippen LogP contribution in [0.1, 0.15) is 97.7 Å². The number of carboxylic acids is 1. The Labute approximate surface area is 359 Å². The monoisotopic (exact) mass is 837 g/mol. The molecule has 1 aliphatic carbocycles. The lowest BCUT2D eigenvalue weighted by Crippen LogP contribution is -2.62. The van der Waals surface area contributed by atoms with Crippen molar-refractivity contribution in [3.05, 3.63) is 107 Å². The van der Waals surface area contributed by atoms with Gasteiger partial charge in [0.15, 0.2) is 0 Å². The third-order valence-corrected chi connectivity index (χ3v) is 12.0. The van der Waals surface area contributed by atoms with Gasteiger partial charge in [-0.3, -0.25) is 28.9 Å². The maximum absolute atomic E-state index is 15.2. The van der Waals surface area contributed by atoms with Gasteiger partial charge in [-0.15, -0.1) is 0 Å². The van der Waals surface area contributed by atoms with Crippen LogP contribution in [0.5, 0.6) is 0 Å². The van der Waals surface area contributed by atoms with E-state index in [0.717, 1.165) is 42.6 Å². The van der Waals surface area contributed by atoms with Crippen LogP contribution in [0.2, 0.25) is 0 Å². The maximum atomic E-state index is 15.2. The number of nitrogens with zero attached hydrogens (tertiary/aromatic N) is 2. The van der Waals surface area contributed by atoms with Gasteiger partial charge in [-0.2, -0.15) is 0 Å². The Morgan fingerprint density at radius 1 is 0.770 bits per heavy atom. The molecule has 5 atom stereocenters. The Morgan fingerprint density at radius 2 is 1.41 bits per heavy atom. The Morgan fingerprint density at radius 3 is 2.02 bits per heavy atom. The Kier molecular flexibility index (Phi) is 18.0. The quantitative estimate of drug-likeness (QED) is 0.0856. The number of nitrogens with two attached hydrogens (primary N) is 2. The minimum Gasteiger partial charge on any atom is -0.478 e. The van der Waals surface area contributed by atoms with Crippen LogP contribution in [0.15, 0.2) is 84.9 Å². The molecule has 3 aromatic rings. The van der Waals surface area contributed by atoms with Crippen LogP contribution in [0.25, 0.3) is 0 Å². The second kappa shape index (κ2) is 23.5. The number of carbonyl (C=O) groups is 6. The van der Waals surface area contributed by atoms with Crippen molar-refractivity contribution in [3.8, 4) is 0 Å². The standard InChI is InChI=1S/C47H63N7O7/c1-50-39(29-33-16-7-3-8-17-33)42(55)52-38(20-11-12-26-48)45(58)53-27-13-21-40(53)46(59)54(44(57)37(49)28-32-14-5-2-6-15-32)41(30-34-18-9-4-10-19-34)43(56)51-31-35-22-24-36(25-23-35)47(60)61/h3-4,7-10,16-19,22-25,32,37-41,50H,2,5-6,11-15,20-21,26-31,48-49H2,1H3,(H,51,56)(H,52,55)(H,60,61)/t37-,38+,39+,40+,41+/m1/s1. The summed E-state index contributed by atoms with van der Waals surface area (Å²) in [6.45, 7) is 0.629. The van der Waals surface area contributed by atoms with Crippen molar-refractivity contribution in [2.45, 2.75) is 120 Å². The summed E-state index contributed by atoms with van der Waals surface area (Å²) in [5, 5.41) is 18.3. The topological polar surface area (TPSA) is 217 Å². The molecule has 0 spiro atoms. The number of hydrogen-bond acceptors (Lipinski definition) is 9. The first-order chi connectivity index (χ1) is 29.5. The maximum Gasteiger partial charge on any atom is 0.335 e. The Balaban J connectivity index is 1.45. The van der Waals surface area contributed by atoms with Gasteiger partial charge < -0.3 is 37.4 Å². The number of amides is 5. The lowest BCUT2D eigenvalue weighted by atomic mass is 9.84. The fourth-order valence-electron chi connectivity index (χ4n) is 8.53. The summed E-state index contributed by atoms with van der Waals surface area (Å²) in [6.07, 6.45) is 7.96. The van der Waals surface area contributed by atoms with E-state index in [9.17, 15) is 29.1 Å². The number of likely N-dealkylation sites (N-methyl/N-ethyl adjacent to an activating group) is 1. The number of hydrogen-bond donors (Lipinski definition) is 6. The number of nitrogens with one attached hydrogen (secondary N) is 3. The fraction of sp³-hybridized carbons (Fsp3) is 0.489. The molecule has 14 heteroatoms. The highest BCUT2D eigenvalue weighted by molar-refractivity contribution is 6.05. The van der Waals surface area contributed by atoms with E-state index >= 15 is 4.79 Å². The number of carbonyl (C=O) groups excluding carboxylic acids is 5. The van der Waals surface area contributed by atoms with Crippen molar-refractivity contribution >= 4 is 35.5 Å². The minimum atomic E-state index is -1.33. The second-order valence-corrected chi connectivity index (χ2v) is 16.4. The summed E-state index contributed by atoms with van der Waals surface area (Å²) in [6, 6.07) is 19.6. The number of unbranched alkanes of at least 4 members (excludes halogenated alkanes) is 1. The first-order valence-corrected chi connectivity index (χ1v) is 21.8. The van der Waals surface area contributed by atoms with E-state index in [4.69, 9.17) is 11.5 Å². The molecule has 2 fully saturated rings. The highest BCUT2D eigenvalue weighted by Crippen LogP contribution is 2.29. The largest absolute Gasteiger partial charge is 0.478 e. The molecule has 61 heavy (non-hydrogen) atoms. The van der Waals surface area contributed by atoms with E-state index in [1.165, 1.54) is 17.0 Å². The number of likely N-dealkylation sites (tertiary alicyclic amines) is 1. The molecular formula is C47H63N7O7. The molecule has 3 aromatic carbocycles. The first kappa shape index (κ1) is 46.6. The van der Waals surface area contributed by atoms with E-state index in [0.29, 0.717) is 56.2 Å². The number of imide groups is 1. The summed E-state index contributed by atoms with van der Waals surface area (Å²) in [5.74, 6) is -3.65. The third kappa shape index (κ3) is 13.3. The van der Waals surface area contributed by atoms with Gasteiger partial charge in [0.1, 0.15) is 18.1 Å². The van der Waals surface area contributed by atoms with Gasteiger partial charge in [0.25, 0.3) is 5.91 Å². The Hall–Kier alpha value is -5.44. The average Bonchev–Trinajstić information content (AvgIpc) is 3.78. The van der Waals surface area contributed by atoms with Crippen molar-refractivity contribution in [2.75, 3.05) is 20.1 Å². The van der Waals surface area contributed by atoms with Crippen LogP contribution in [-0.4, -0.2) is 101 Å². The molecule has 1 aliphatic heterocycles. The van der Waals surface area contributed by atoms with Gasteiger partial charge in [0, 0.05) is 19.5 Å². The van der Waals surface area contributed by atoms with E-state index in [1.54, 1.807) is 19.2 Å². The van der Waals surface area contributed by atoms with Crippen LogP contribution < -0.4 is 27.4 Å². The first-order valence-electron chi connectivity index (χ1n) is 21.8. The number of aromatic carboxylic acids is 1. The lowest BCUT2D eigenvalue weighted by Gasteiger charge is -2.37. The Bertz CT molecular complexity index is 1910. The minimum absolute atomic E-state index is 0.00444. The molecule has 0 unspecified atom stereocenters. The third-order valence-electron chi connectivity index (χ3n) is 12.0. The van der Waals surface area contributed by atoms with E-state index in [-0.39, 0.29) is 43.3 Å². The normalized spacial score (nSPS) is 17.4. The lowest BCUT2D eigenvalue weighted by molar-refractivity contribution is -0.158. The molecule has 0 radical (unpaired) electrons. The van der Waals surface area contributed by atoms with Crippen LogP contribution in [-0.2, 0) is 43.4 Å². The summed E-state index contributed by atoms with van der Waals surface area (Å²) < 4.78 is 0. The summed E-state index contributed by atoms with van der Waals surface area (Å²) >= 11 is 0. The molecular weight excluding hydrogens is 775 g/mol. The summed E-state index contributed by atoms with van der Waals surface area (Å²) in [4.78, 5) is 86.7. The number of benzene rings is 3. The van der Waals surface area contributed by atoms with Gasteiger partial charge in [-0.1, -0.05) is 105 Å². The molecule has 0 aromatic heterocycles. The van der Waals surface area contributed by atoms with Crippen LogP contribution >= 0.6 is 0 Å². The van der Waals surface area contributed by atoms with E-state index in [1.807, 2.05) is 60.7 Å². The van der Waals surface area contributed by atoms with Gasteiger partial charge in [0.2, 0.25) is 23.6 Å². The van der Waals surface area contributed by atoms with Gasteiger partial charge in [-0.05, 0) is 93.3 Å². The fourth-order valence-corrected chi connectivity index (χ4v) is 8.53. The van der Waals surface area contributed by atoms with E-state index in [2.05, 4.69) is 16.0 Å². The molecule has 1 saturated carbocycles. The molecule has 5 rings (SSSR count). The van der Waals surface area contributed by atoms with Crippen molar-refractivity contribution in [1.82, 2.24) is 25.8 Å². The van der Waals surface area contributed by atoms with Crippen LogP contribution in [0.4, 0.5) is 0 Å². The highest BCUT2D eigenvalue weighted by Gasteiger charge is 2.45. The molecule has 8 N–H and O–H groups in total. The second-order valence-electron chi connectivity index (χ2n) is 16.4. The van der Waals surface area contributed by atoms with Crippen molar-refractivity contribution < 1.29 is 33.9 Å². The smallest absolute Gasteiger partial charge is 0.335 e. The SMILES string of the molecule is CN[C@@H](Cc1ccccc1)C(=O)N[C@@H](CCCCN)C(=O)N1CCC[C@H]1C(=O)N(C(=O)[C@H](N)CC1CCCCC1)[C@@H](Cc1ccccc1)C(=O)NCc1ccc(C(=O)O)cc1. The predicted molar refractivity (Wildman–Crippen MR) is 233 cm³/mol. The zero-order valence-electron chi connectivity index (χ0n) is 35.3. The molecule has 2 aliphatic rings. The zero-order valence-corrected chi connectivity index (χ0v) is 35.3. The van der Waals surface area contributed by atoms with Crippen LogP contribution in [0.3, 0.4) is 0 Å². The van der Waals surface area contributed by atoms with Crippen molar-refractivity contribution in [1.29, 1.82) is 0 Å². The average molecular weight is 838 g/mol. The summed E-state index contributed by atoms with van der Waals surface area (Å²) in [7, 11) is 1.69.